The van der Waals surface area contributed by atoms with E-state index in [1.54, 1.807) is 0 Å². The lowest BCUT2D eigenvalue weighted by Crippen LogP contribution is -2.51. The Morgan fingerprint density at radius 1 is 1.32 bits per heavy atom. The second kappa shape index (κ2) is 7.10. The summed E-state index contributed by atoms with van der Waals surface area (Å²) < 4.78 is 47.7. The minimum Gasteiger partial charge on any atom is -0.459 e. The zero-order valence-corrected chi connectivity index (χ0v) is 15.7. The summed E-state index contributed by atoms with van der Waals surface area (Å²) in [4.78, 5) is 23.5. The number of carbonyl (C=O) groups is 1. The van der Waals surface area contributed by atoms with Crippen molar-refractivity contribution < 1.29 is 22.7 Å². The molecule has 3 N–H and O–H groups in total. The van der Waals surface area contributed by atoms with E-state index < -0.39 is 41.5 Å². The first-order valence-electron chi connectivity index (χ1n) is 7.69. The fourth-order valence-electron chi connectivity index (χ4n) is 2.47. The number of alkyl halides is 2. The molecule has 0 saturated carbocycles. The molecule has 148 valence electrons. The van der Waals surface area contributed by atoms with Gasteiger partial charge in [0.25, 0.3) is 11.9 Å². The Bertz CT molecular complexity index is 989. The van der Waals surface area contributed by atoms with Gasteiger partial charge in [-0.25, -0.2) is 19.4 Å². The third-order valence-electron chi connectivity index (χ3n) is 4.05. The van der Waals surface area contributed by atoms with Crippen molar-refractivity contribution in [3.63, 3.8) is 0 Å². The maximum atomic E-state index is 14.4. The van der Waals surface area contributed by atoms with Gasteiger partial charge in [0, 0.05) is 6.20 Å². The van der Waals surface area contributed by atoms with E-state index in [-0.39, 0.29) is 21.6 Å². The average Bonchev–Trinajstić information content (AvgIpc) is 2.62. The number of halogens is 5. The summed E-state index contributed by atoms with van der Waals surface area (Å²) in [5, 5.41) is 2.29. The Labute approximate surface area is 166 Å². The van der Waals surface area contributed by atoms with Crippen LogP contribution in [0.4, 0.5) is 19.0 Å². The van der Waals surface area contributed by atoms with E-state index >= 15 is 0 Å². The van der Waals surface area contributed by atoms with Crippen molar-refractivity contribution >= 4 is 40.9 Å². The van der Waals surface area contributed by atoms with Crippen molar-refractivity contribution in [3.8, 4) is 0 Å². The van der Waals surface area contributed by atoms with Crippen LogP contribution in [0.25, 0.3) is 0 Å². The highest BCUT2D eigenvalue weighted by molar-refractivity contribution is 6.43. The van der Waals surface area contributed by atoms with Gasteiger partial charge in [0.05, 0.1) is 10.0 Å². The molecule has 2 aromatic rings. The number of hydrogen-bond donors (Lipinski definition) is 2. The molecule has 0 aromatic carbocycles. The standard InChI is InChI=1S/C16H12Cl2F3N5O2/c1-15(16(20,21)6-28-14(22)26-15)12-8(19)2-3-9(24-12)25-13(27)11-10(18)7(17)4-5-23-11/h2-5H,6H2,1H3,(H2,22,26)(H,24,25,27)/t15-/m1/s1. The highest BCUT2D eigenvalue weighted by Crippen LogP contribution is 2.43. The number of ether oxygens (including phenoxy) is 1. The summed E-state index contributed by atoms with van der Waals surface area (Å²) in [6.45, 7) is -0.132. The Kier molecular flexibility index (Phi) is 5.11. The van der Waals surface area contributed by atoms with Gasteiger partial charge in [-0.3, -0.25) is 4.79 Å². The largest absolute Gasteiger partial charge is 0.459 e. The van der Waals surface area contributed by atoms with Gasteiger partial charge in [0.2, 0.25) is 0 Å². The number of nitrogens with zero attached hydrogens (tertiary/aromatic N) is 3. The molecule has 12 heteroatoms. The van der Waals surface area contributed by atoms with Gasteiger partial charge in [0.1, 0.15) is 23.0 Å². The predicted octanol–water partition coefficient (Wildman–Crippen LogP) is 3.37. The zero-order chi connectivity index (χ0) is 20.7. The third kappa shape index (κ3) is 3.45. The number of hydrogen-bond acceptors (Lipinski definition) is 6. The van der Waals surface area contributed by atoms with Crippen LogP contribution in [-0.2, 0) is 10.3 Å². The first kappa shape index (κ1) is 20.2. The highest BCUT2D eigenvalue weighted by Gasteiger charge is 2.57. The summed E-state index contributed by atoms with van der Waals surface area (Å²) in [6, 6.07) is 2.81. The number of nitrogens with two attached hydrogens (primary N) is 1. The molecular formula is C16H12Cl2F3N5O2. The Balaban J connectivity index is 1.99. The molecule has 2 aromatic heterocycles. The Hall–Kier alpha value is -2.59. The second-order valence-corrected chi connectivity index (χ2v) is 6.74. The zero-order valence-electron chi connectivity index (χ0n) is 14.1. The van der Waals surface area contributed by atoms with E-state index in [1.807, 2.05) is 0 Å². The van der Waals surface area contributed by atoms with Gasteiger partial charge in [-0.15, -0.1) is 0 Å². The number of rotatable bonds is 3. The van der Waals surface area contributed by atoms with Crippen molar-refractivity contribution in [2.75, 3.05) is 11.9 Å². The lowest BCUT2D eigenvalue weighted by Gasteiger charge is -2.36. The number of aromatic nitrogens is 2. The fraction of sp³-hybridized carbons (Fsp3) is 0.250. The maximum Gasteiger partial charge on any atom is 0.311 e. The maximum absolute atomic E-state index is 14.4. The molecular weight excluding hydrogens is 422 g/mol. The van der Waals surface area contributed by atoms with Crippen LogP contribution < -0.4 is 11.1 Å². The van der Waals surface area contributed by atoms with Crippen LogP contribution in [0.5, 0.6) is 0 Å². The van der Waals surface area contributed by atoms with E-state index in [4.69, 9.17) is 28.9 Å². The van der Waals surface area contributed by atoms with Gasteiger partial charge in [-0.2, -0.15) is 8.78 Å². The molecule has 0 saturated heterocycles. The number of nitrogens with one attached hydrogen (secondary N) is 1. The summed E-state index contributed by atoms with van der Waals surface area (Å²) >= 11 is 11.8. The molecule has 0 aliphatic carbocycles. The summed E-state index contributed by atoms with van der Waals surface area (Å²) in [6.07, 6.45) is 1.26. The number of aliphatic imine (C=N–C) groups is 1. The molecule has 7 nitrogen and oxygen atoms in total. The molecule has 1 aliphatic heterocycles. The molecule has 3 heterocycles. The monoisotopic (exact) mass is 433 g/mol. The summed E-state index contributed by atoms with van der Waals surface area (Å²) in [7, 11) is 0. The van der Waals surface area contributed by atoms with E-state index in [0.717, 1.165) is 19.1 Å². The molecule has 0 fully saturated rings. The van der Waals surface area contributed by atoms with E-state index in [2.05, 4.69) is 25.0 Å². The first-order valence-corrected chi connectivity index (χ1v) is 8.45. The van der Waals surface area contributed by atoms with Crippen molar-refractivity contribution in [1.82, 2.24) is 9.97 Å². The molecule has 1 atom stereocenters. The van der Waals surface area contributed by atoms with Crippen LogP contribution >= 0.6 is 23.2 Å². The SMILES string of the molecule is C[C@]1(c2nc(NC(=O)c3nccc(Cl)c3Cl)ccc2F)N=C(N)OCC1(F)F. The fourth-order valence-corrected chi connectivity index (χ4v) is 2.82. The molecule has 1 aliphatic rings. The van der Waals surface area contributed by atoms with Gasteiger partial charge < -0.3 is 15.8 Å². The third-order valence-corrected chi connectivity index (χ3v) is 4.85. The molecule has 1 amide bonds. The average molecular weight is 434 g/mol. The van der Waals surface area contributed by atoms with Gasteiger partial charge >= 0.3 is 5.92 Å². The lowest BCUT2D eigenvalue weighted by molar-refractivity contribution is -0.118. The highest BCUT2D eigenvalue weighted by atomic mass is 35.5. The molecule has 0 radical (unpaired) electrons. The van der Waals surface area contributed by atoms with Crippen molar-refractivity contribution in [1.29, 1.82) is 0 Å². The normalized spacial score (nSPS) is 20.9. The number of carbonyl (C=O) groups excluding carboxylic acids is 1. The smallest absolute Gasteiger partial charge is 0.311 e. The molecule has 0 unspecified atom stereocenters. The Morgan fingerprint density at radius 2 is 2.04 bits per heavy atom. The number of amides is 1. The van der Waals surface area contributed by atoms with Gasteiger partial charge in [-0.1, -0.05) is 23.2 Å². The molecule has 0 bridgehead atoms. The minimum atomic E-state index is -3.61. The van der Waals surface area contributed by atoms with E-state index in [0.29, 0.717) is 0 Å². The van der Waals surface area contributed by atoms with Crippen LogP contribution in [-0.4, -0.2) is 34.4 Å². The van der Waals surface area contributed by atoms with E-state index in [9.17, 15) is 18.0 Å². The predicted molar refractivity (Wildman–Crippen MR) is 96.3 cm³/mol. The second-order valence-electron chi connectivity index (χ2n) is 5.95. The van der Waals surface area contributed by atoms with Crippen molar-refractivity contribution in [2.45, 2.75) is 18.4 Å². The lowest BCUT2D eigenvalue weighted by atomic mass is 9.89. The summed E-state index contributed by atoms with van der Waals surface area (Å²) in [5.41, 5.74) is 2.01. The summed E-state index contributed by atoms with van der Waals surface area (Å²) in [5.74, 6) is -5.71. The molecule has 28 heavy (non-hydrogen) atoms. The van der Waals surface area contributed by atoms with Crippen LogP contribution in [0, 0.1) is 5.82 Å². The Morgan fingerprint density at radius 3 is 2.75 bits per heavy atom. The van der Waals surface area contributed by atoms with E-state index in [1.165, 1.54) is 12.3 Å². The quantitative estimate of drug-likeness (QED) is 0.772. The van der Waals surface area contributed by atoms with Crippen molar-refractivity contribution in [3.05, 3.63) is 51.6 Å². The van der Waals surface area contributed by atoms with Crippen LogP contribution in [0.2, 0.25) is 10.0 Å². The number of pyridine rings is 2. The number of anilines is 1. The molecule has 0 spiro atoms. The topological polar surface area (TPSA) is 102 Å². The van der Waals surface area contributed by atoms with Crippen molar-refractivity contribution in [2.24, 2.45) is 10.7 Å². The number of amidine groups is 1. The van der Waals surface area contributed by atoms with Gasteiger partial charge in [0.15, 0.2) is 12.1 Å². The minimum absolute atomic E-state index is 0.0914. The van der Waals surface area contributed by atoms with Gasteiger partial charge in [-0.05, 0) is 25.1 Å². The van der Waals surface area contributed by atoms with Crippen LogP contribution in [0.1, 0.15) is 23.1 Å². The molecule has 3 rings (SSSR count). The van der Waals surface area contributed by atoms with Crippen LogP contribution in [0.3, 0.4) is 0 Å². The first-order chi connectivity index (χ1) is 13.0. The van der Waals surface area contributed by atoms with Crippen LogP contribution in [0.15, 0.2) is 29.4 Å².